The number of nitro groups is 1. The van der Waals surface area contributed by atoms with E-state index >= 15 is 0 Å². The number of methoxy groups -OCH3 is 1. The number of rotatable bonds is 6. The number of nitrogens with zero attached hydrogens (tertiary/aromatic N) is 5. The van der Waals surface area contributed by atoms with Crippen molar-refractivity contribution >= 4 is 23.2 Å². The zero-order valence-corrected chi connectivity index (χ0v) is 19.4. The fraction of sp³-hybridized carbons (Fsp3) is 0.120. The number of aromatic nitrogens is 4. The Morgan fingerprint density at radius 2 is 2.00 bits per heavy atom. The number of hydrogen-bond acceptors (Lipinski definition) is 8. The Hall–Kier alpha value is -5.06. The first-order valence-corrected chi connectivity index (χ1v) is 11.0. The molecule has 2 aromatic heterocycles. The van der Waals surface area contributed by atoms with E-state index in [4.69, 9.17) is 4.74 Å². The fourth-order valence-corrected chi connectivity index (χ4v) is 4.14. The highest BCUT2D eigenvalue weighted by Gasteiger charge is 2.37. The molecule has 1 amide bonds. The van der Waals surface area contributed by atoms with Crippen LogP contribution in [0.3, 0.4) is 0 Å². The summed E-state index contributed by atoms with van der Waals surface area (Å²) in [6.07, 6.45) is 3.12. The summed E-state index contributed by atoms with van der Waals surface area (Å²) >= 11 is 0. The molecule has 0 saturated carbocycles. The van der Waals surface area contributed by atoms with E-state index in [2.05, 4.69) is 25.7 Å². The van der Waals surface area contributed by atoms with E-state index in [0.717, 1.165) is 0 Å². The van der Waals surface area contributed by atoms with Gasteiger partial charge < -0.3 is 15.4 Å². The molecule has 0 saturated heterocycles. The van der Waals surface area contributed by atoms with Crippen LogP contribution in [0.1, 0.15) is 18.5 Å². The number of ether oxygens (including phenoxy) is 1. The highest BCUT2D eigenvalue weighted by Crippen LogP contribution is 2.40. The van der Waals surface area contributed by atoms with Crippen LogP contribution in [0.25, 0.3) is 11.4 Å². The number of pyridine rings is 1. The van der Waals surface area contributed by atoms with Gasteiger partial charge in [0, 0.05) is 23.5 Å². The van der Waals surface area contributed by atoms with E-state index in [1.165, 1.54) is 16.9 Å². The molecule has 2 N–H and O–H groups in total. The number of carbonyl (C=O) groups is 1. The van der Waals surface area contributed by atoms with E-state index in [1.54, 1.807) is 62.7 Å². The maximum Gasteiger partial charge on any atom is 0.275 e. The molecule has 11 nitrogen and oxygen atoms in total. The number of para-hydroxylation sites is 1. The van der Waals surface area contributed by atoms with E-state index in [9.17, 15) is 14.9 Å². The van der Waals surface area contributed by atoms with Crippen LogP contribution in [-0.4, -0.2) is 37.7 Å². The zero-order chi connectivity index (χ0) is 25.2. The zero-order valence-electron chi connectivity index (χ0n) is 19.4. The number of benzene rings is 2. The molecule has 2 aromatic carbocycles. The topological polar surface area (TPSA) is 137 Å². The highest BCUT2D eigenvalue weighted by atomic mass is 16.6. The van der Waals surface area contributed by atoms with E-state index in [1.807, 2.05) is 12.1 Å². The summed E-state index contributed by atoms with van der Waals surface area (Å²) in [5, 5.41) is 22.6. The second kappa shape index (κ2) is 9.29. The third kappa shape index (κ3) is 4.13. The van der Waals surface area contributed by atoms with Gasteiger partial charge in [0.25, 0.3) is 11.6 Å². The Labute approximate surface area is 205 Å². The number of amides is 1. The summed E-state index contributed by atoms with van der Waals surface area (Å²) in [5.74, 6) is 0.919. The maximum atomic E-state index is 13.5. The lowest BCUT2D eigenvalue weighted by atomic mass is 9.93. The molecular weight excluding hydrogens is 462 g/mol. The van der Waals surface area contributed by atoms with Crippen molar-refractivity contribution in [2.24, 2.45) is 0 Å². The van der Waals surface area contributed by atoms with Gasteiger partial charge in [0.2, 0.25) is 5.95 Å². The van der Waals surface area contributed by atoms with Gasteiger partial charge >= 0.3 is 0 Å². The van der Waals surface area contributed by atoms with Crippen molar-refractivity contribution in [3.63, 3.8) is 0 Å². The average molecular weight is 483 g/mol. The summed E-state index contributed by atoms with van der Waals surface area (Å²) < 4.78 is 6.82. The molecule has 36 heavy (non-hydrogen) atoms. The number of fused-ring (bicyclic) bond motifs is 1. The van der Waals surface area contributed by atoms with Crippen molar-refractivity contribution in [1.82, 2.24) is 19.7 Å². The molecule has 0 bridgehead atoms. The van der Waals surface area contributed by atoms with E-state index in [-0.39, 0.29) is 11.3 Å². The lowest BCUT2D eigenvalue weighted by Crippen LogP contribution is -2.32. The fourth-order valence-electron chi connectivity index (χ4n) is 4.14. The Morgan fingerprint density at radius 3 is 2.75 bits per heavy atom. The van der Waals surface area contributed by atoms with Crippen LogP contribution < -0.4 is 15.4 Å². The van der Waals surface area contributed by atoms with Gasteiger partial charge in [0.05, 0.1) is 35.1 Å². The summed E-state index contributed by atoms with van der Waals surface area (Å²) in [6, 6.07) is 16.0. The third-order valence-electron chi connectivity index (χ3n) is 5.77. The van der Waals surface area contributed by atoms with Gasteiger partial charge in [0.1, 0.15) is 11.8 Å². The Balaban J connectivity index is 1.66. The molecule has 1 unspecified atom stereocenters. The molecule has 4 aromatic rings. The molecule has 0 spiro atoms. The number of nitrogens with one attached hydrogen (secondary N) is 2. The van der Waals surface area contributed by atoms with Crippen LogP contribution in [0, 0.1) is 10.1 Å². The van der Waals surface area contributed by atoms with Gasteiger partial charge in [-0.05, 0) is 37.3 Å². The van der Waals surface area contributed by atoms with Gasteiger partial charge in [-0.3, -0.25) is 19.9 Å². The van der Waals surface area contributed by atoms with E-state index < -0.39 is 16.9 Å². The SMILES string of the molecule is COc1cccc(-c2nc3n(n2)C(c2ccccc2[N+](=O)[O-])C(C(=O)Nc2cccnc2)=C(C)N3)c1. The maximum absolute atomic E-state index is 13.5. The predicted octanol–water partition coefficient (Wildman–Crippen LogP) is 4.18. The second-order valence-electron chi connectivity index (χ2n) is 8.01. The minimum absolute atomic E-state index is 0.131. The molecule has 1 aliphatic rings. The molecular formula is C25H21N7O4. The van der Waals surface area contributed by atoms with Gasteiger partial charge in [-0.2, -0.15) is 4.98 Å². The monoisotopic (exact) mass is 483 g/mol. The van der Waals surface area contributed by atoms with Gasteiger partial charge in [-0.1, -0.05) is 24.3 Å². The lowest BCUT2D eigenvalue weighted by Gasteiger charge is -2.28. The quantitative estimate of drug-likeness (QED) is 0.308. The van der Waals surface area contributed by atoms with Gasteiger partial charge in [-0.15, -0.1) is 5.10 Å². The first-order chi connectivity index (χ1) is 17.5. The molecule has 0 fully saturated rings. The van der Waals surface area contributed by atoms with E-state index in [0.29, 0.717) is 40.0 Å². The summed E-state index contributed by atoms with van der Waals surface area (Å²) in [5.41, 5.74) is 2.12. The molecule has 1 aliphatic heterocycles. The van der Waals surface area contributed by atoms with Crippen molar-refractivity contribution in [3.8, 4) is 17.1 Å². The smallest absolute Gasteiger partial charge is 0.275 e. The Kier molecular flexibility index (Phi) is 5.87. The minimum atomic E-state index is -0.911. The van der Waals surface area contributed by atoms with Crippen molar-refractivity contribution < 1.29 is 14.5 Å². The second-order valence-corrected chi connectivity index (χ2v) is 8.01. The molecule has 3 heterocycles. The van der Waals surface area contributed by atoms with Gasteiger partial charge in [0.15, 0.2) is 5.82 Å². The number of anilines is 2. The number of carbonyl (C=O) groups excluding carboxylic acids is 1. The molecule has 180 valence electrons. The largest absolute Gasteiger partial charge is 0.497 e. The summed E-state index contributed by atoms with van der Waals surface area (Å²) in [6.45, 7) is 1.73. The Morgan fingerprint density at radius 1 is 1.17 bits per heavy atom. The van der Waals surface area contributed by atoms with Crippen LogP contribution in [0.4, 0.5) is 17.3 Å². The predicted molar refractivity (Wildman–Crippen MR) is 132 cm³/mol. The van der Waals surface area contributed by atoms with Crippen LogP contribution in [0.5, 0.6) is 5.75 Å². The highest BCUT2D eigenvalue weighted by molar-refractivity contribution is 6.06. The molecule has 11 heteroatoms. The lowest BCUT2D eigenvalue weighted by molar-refractivity contribution is -0.385. The van der Waals surface area contributed by atoms with Crippen molar-refractivity contribution in [3.05, 3.63) is 100 Å². The standard InChI is InChI=1S/C25H21N7O4/c1-15-21(24(33)28-17-8-6-12-26-14-17)22(19-10-3-4-11-20(19)32(34)35)31-25(27-15)29-23(30-31)16-7-5-9-18(13-16)36-2/h3-14,22H,1-2H3,(H,28,33)(H,27,29,30). The Bertz CT molecular complexity index is 1500. The van der Waals surface area contributed by atoms with Crippen LogP contribution in [-0.2, 0) is 4.79 Å². The third-order valence-corrected chi connectivity index (χ3v) is 5.77. The van der Waals surface area contributed by atoms with Crippen LogP contribution in [0.2, 0.25) is 0 Å². The summed E-state index contributed by atoms with van der Waals surface area (Å²) in [4.78, 5) is 33.6. The van der Waals surface area contributed by atoms with Crippen molar-refractivity contribution in [2.45, 2.75) is 13.0 Å². The number of nitro benzene ring substituents is 1. The van der Waals surface area contributed by atoms with Gasteiger partial charge in [-0.25, -0.2) is 4.68 Å². The first-order valence-electron chi connectivity index (χ1n) is 11.0. The minimum Gasteiger partial charge on any atom is -0.497 e. The molecule has 0 radical (unpaired) electrons. The van der Waals surface area contributed by atoms with Crippen molar-refractivity contribution in [1.29, 1.82) is 0 Å². The van der Waals surface area contributed by atoms with Crippen LogP contribution in [0.15, 0.2) is 84.3 Å². The van der Waals surface area contributed by atoms with Crippen molar-refractivity contribution in [2.75, 3.05) is 17.7 Å². The normalized spacial score (nSPS) is 14.6. The molecule has 5 rings (SSSR count). The van der Waals surface area contributed by atoms with Crippen LogP contribution >= 0.6 is 0 Å². The number of hydrogen-bond donors (Lipinski definition) is 2. The molecule has 1 atom stereocenters. The summed E-state index contributed by atoms with van der Waals surface area (Å²) in [7, 11) is 1.57. The molecule has 0 aliphatic carbocycles. The first kappa shape index (κ1) is 22.7. The average Bonchev–Trinajstić information content (AvgIpc) is 3.32. The number of allylic oxidation sites excluding steroid dienone is 1.